The van der Waals surface area contributed by atoms with E-state index in [0.29, 0.717) is 12.2 Å². The van der Waals surface area contributed by atoms with Gasteiger partial charge < -0.3 is 10.1 Å². The molecule has 1 heterocycles. The van der Waals surface area contributed by atoms with Crippen molar-refractivity contribution in [1.29, 1.82) is 0 Å². The summed E-state index contributed by atoms with van der Waals surface area (Å²) in [7, 11) is 3.49. The minimum atomic E-state index is -0.166. The van der Waals surface area contributed by atoms with Crippen molar-refractivity contribution in [3.05, 3.63) is 71.9 Å². The van der Waals surface area contributed by atoms with Gasteiger partial charge in [0.1, 0.15) is 5.75 Å². The van der Waals surface area contributed by atoms with E-state index in [1.807, 2.05) is 67.7 Å². The van der Waals surface area contributed by atoms with Crippen molar-refractivity contribution in [3.8, 4) is 17.0 Å². The molecule has 0 atom stereocenters. The van der Waals surface area contributed by atoms with Crippen LogP contribution < -0.4 is 10.1 Å². The topological polar surface area (TPSA) is 56.1 Å². The van der Waals surface area contributed by atoms with E-state index in [4.69, 9.17) is 4.74 Å². The molecule has 5 heteroatoms. The summed E-state index contributed by atoms with van der Waals surface area (Å²) in [6, 6.07) is 19.6. The molecule has 5 nitrogen and oxygen atoms in total. The zero-order valence-corrected chi connectivity index (χ0v) is 14.4. The molecule has 3 rings (SSSR count). The molecule has 0 bridgehead atoms. The predicted octanol–water partition coefficient (Wildman–Crippen LogP) is 3.07. The maximum absolute atomic E-state index is 12.3. The van der Waals surface area contributed by atoms with Gasteiger partial charge in [0.05, 0.1) is 12.8 Å². The first-order chi connectivity index (χ1) is 12.2. The third-order valence-corrected chi connectivity index (χ3v) is 4.02. The van der Waals surface area contributed by atoms with Crippen molar-refractivity contribution in [2.75, 3.05) is 13.7 Å². The van der Waals surface area contributed by atoms with E-state index >= 15 is 0 Å². The number of nitrogens with one attached hydrogen (secondary N) is 1. The van der Waals surface area contributed by atoms with Gasteiger partial charge in [-0.15, -0.1) is 0 Å². The van der Waals surface area contributed by atoms with E-state index in [1.54, 1.807) is 11.8 Å². The van der Waals surface area contributed by atoms with Crippen molar-refractivity contribution in [2.24, 2.45) is 7.05 Å². The van der Waals surface area contributed by atoms with Gasteiger partial charge in [0.15, 0.2) is 5.69 Å². The Labute approximate surface area is 147 Å². The first-order valence-corrected chi connectivity index (χ1v) is 8.18. The molecule has 128 valence electrons. The van der Waals surface area contributed by atoms with E-state index < -0.39 is 0 Å². The molecule has 0 aliphatic heterocycles. The van der Waals surface area contributed by atoms with Crippen LogP contribution in [-0.4, -0.2) is 29.3 Å². The first-order valence-electron chi connectivity index (χ1n) is 8.18. The molecule has 0 saturated carbocycles. The molecular formula is C20H21N3O2. The highest BCUT2D eigenvalue weighted by molar-refractivity contribution is 5.93. The summed E-state index contributed by atoms with van der Waals surface area (Å²) in [5.41, 5.74) is 3.49. The Bertz CT molecular complexity index is 856. The minimum absolute atomic E-state index is 0.166. The molecule has 2 aromatic carbocycles. The summed E-state index contributed by atoms with van der Waals surface area (Å²) >= 11 is 0. The van der Waals surface area contributed by atoms with Crippen molar-refractivity contribution in [3.63, 3.8) is 0 Å². The number of hydrogen-bond acceptors (Lipinski definition) is 3. The number of carbonyl (C=O) groups excluding carboxylic acids is 1. The summed E-state index contributed by atoms with van der Waals surface area (Å²) in [6.07, 6.45) is 0.737. The lowest BCUT2D eigenvalue weighted by atomic mass is 10.1. The Kier molecular flexibility index (Phi) is 5.14. The van der Waals surface area contributed by atoms with Gasteiger partial charge in [0, 0.05) is 13.6 Å². The van der Waals surface area contributed by atoms with Crippen LogP contribution >= 0.6 is 0 Å². The Morgan fingerprint density at radius 2 is 1.92 bits per heavy atom. The van der Waals surface area contributed by atoms with Gasteiger partial charge in [0.2, 0.25) is 0 Å². The molecular weight excluding hydrogens is 314 g/mol. The van der Waals surface area contributed by atoms with Crippen LogP contribution in [0.1, 0.15) is 16.1 Å². The van der Waals surface area contributed by atoms with Gasteiger partial charge >= 0.3 is 0 Å². The molecule has 1 amide bonds. The summed E-state index contributed by atoms with van der Waals surface area (Å²) in [5.74, 6) is 0.654. The number of rotatable bonds is 6. The Morgan fingerprint density at radius 1 is 1.12 bits per heavy atom. The Hall–Kier alpha value is -3.08. The van der Waals surface area contributed by atoms with Crippen LogP contribution in [0.4, 0.5) is 0 Å². The average molecular weight is 335 g/mol. The second-order valence-electron chi connectivity index (χ2n) is 5.76. The standard InChI is InChI=1S/C20H21N3O2/c1-23-19(16-8-4-3-5-9-16)14-18(22-23)20(24)21-12-11-15-7-6-10-17(13-15)25-2/h3-10,13-14H,11-12H2,1-2H3,(H,21,24). The summed E-state index contributed by atoms with van der Waals surface area (Å²) in [4.78, 5) is 12.3. The number of nitrogens with zero attached hydrogens (tertiary/aromatic N) is 2. The van der Waals surface area contributed by atoms with E-state index in [1.165, 1.54) is 0 Å². The average Bonchev–Trinajstić information content (AvgIpc) is 3.04. The zero-order chi connectivity index (χ0) is 17.6. The second-order valence-corrected chi connectivity index (χ2v) is 5.76. The van der Waals surface area contributed by atoms with Crippen molar-refractivity contribution in [2.45, 2.75) is 6.42 Å². The fourth-order valence-corrected chi connectivity index (χ4v) is 2.70. The van der Waals surface area contributed by atoms with Crippen LogP contribution in [0.3, 0.4) is 0 Å². The summed E-state index contributed by atoms with van der Waals surface area (Å²) in [5, 5.41) is 7.25. The zero-order valence-electron chi connectivity index (χ0n) is 14.4. The second kappa shape index (κ2) is 7.66. The Morgan fingerprint density at radius 3 is 2.68 bits per heavy atom. The van der Waals surface area contributed by atoms with Gasteiger partial charge in [-0.2, -0.15) is 5.10 Å². The van der Waals surface area contributed by atoms with E-state index in [2.05, 4.69) is 10.4 Å². The number of benzene rings is 2. The molecule has 0 saturated heterocycles. The highest BCUT2D eigenvalue weighted by Crippen LogP contribution is 2.19. The molecule has 25 heavy (non-hydrogen) atoms. The molecule has 0 aliphatic carbocycles. The fourth-order valence-electron chi connectivity index (χ4n) is 2.70. The first kappa shape index (κ1) is 16.8. The van der Waals surface area contributed by atoms with E-state index in [-0.39, 0.29) is 5.91 Å². The highest BCUT2D eigenvalue weighted by atomic mass is 16.5. The maximum Gasteiger partial charge on any atom is 0.271 e. The van der Waals surface area contributed by atoms with Crippen molar-refractivity contribution >= 4 is 5.91 Å². The molecule has 0 aliphatic rings. The van der Waals surface area contributed by atoms with E-state index in [0.717, 1.165) is 29.0 Å². The van der Waals surface area contributed by atoms with Crippen LogP contribution in [0.2, 0.25) is 0 Å². The lowest BCUT2D eigenvalue weighted by Gasteiger charge is -2.05. The molecule has 0 radical (unpaired) electrons. The summed E-state index contributed by atoms with van der Waals surface area (Å²) in [6.45, 7) is 0.545. The third-order valence-electron chi connectivity index (χ3n) is 4.02. The van der Waals surface area contributed by atoms with Crippen LogP contribution in [0.5, 0.6) is 5.75 Å². The molecule has 0 fully saturated rings. The number of hydrogen-bond donors (Lipinski definition) is 1. The fraction of sp³-hybridized carbons (Fsp3) is 0.200. The molecule has 0 spiro atoms. The SMILES string of the molecule is COc1cccc(CCNC(=O)c2cc(-c3ccccc3)n(C)n2)c1. The largest absolute Gasteiger partial charge is 0.497 e. The Balaban J connectivity index is 1.62. The maximum atomic E-state index is 12.3. The smallest absolute Gasteiger partial charge is 0.271 e. The molecule has 3 aromatic rings. The van der Waals surface area contributed by atoms with Crippen LogP contribution in [-0.2, 0) is 13.5 Å². The van der Waals surface area contributed by atoms with Crippen LogP contribution in [0.25, 0.3) is 11.3 Å². The molecule has 1 N–H and O–H groups in total. The predicted molar refractivity (Wildman–Crippen MR) is 97.7 cm³/mol. The molecule has 1 aromatic heterocycles. The number of carbonyl (C=O) groups is 1. The quantitative estimate of drug-likeness (QED) is 0.753. The number of ether oxygens (including phenoxy) is 1. The lowest BCUT2D eigenvalue weighted by Crippen LogP contribution is -2.26. The van der Waals surface area contributed by atoms with Gasteiger partial charge in [-0.3, -0.25) is 9.48 Å². The van der Waals surface area contributed by atoms with Gasteiger partial charge in [-0.05, 0) is 35.7 Å². The highest BCUT2D eigenvalue weighted by Gasteiger charge is 2.13. The van der Waals surface area contributed by atoms with Crippen molar-refractivity contribution in [1.82, 2.24) is 15.1 Å². The van der Waals surface area contributed by atoms with Gasteiger partial charge in [-0.1, -0.05) is 42.5 Å². The normalized spacial score (nSPS) is 10.5. The third kappa shape index (κ3) is 4.07. The molecule has 0 unspecified atom stereocenters. The van der Waals surface area contributed by atoms with Gasteiger partial charge in [0.25, 0.3) is 5.91 Å². The van der Waals surface area contributed by atoms with E-state index in [9.17, 15) is 4.79 Å². The van der Waals surface area contributed by atoms with Crippen LogP contribution in [0.15, 0.2) is 60.7 Å². The van der Waals surface area contributed by atoms with Crippen LogP contribution in [0, 0.1) is 0 Å². The number of amides is 1. The minimum Gasteiger partial charge on any atom is -0.497 e. The number of methoxy groups -OCH3 is 1. The van der Waals surface area contributed by atoms with Gasteiger partial charge in [-0.25, -0.2) is 0 Å². The number of aryl methyl sites for hydroxylation is 1. The number of aromatic nitrogens is 2. The monoisotopic (exact) mass is 335 g/mol. The summed E-state index contributed by atoms with van der Waals surface area (Å²) < 4.78 is 6.94. The lowest BCUT2D eigenvalue weighted by molar-refractivity contribution is 0.0948. The van der Waals surface area contributed by atoms with Crippen molar-refractivity contribution < 1.29 is 9.53 Å².